The van der Waals surface area contributed by atoms with E-state index in [0.717, 1.165) is 24.5 Å². The van der Waals surface area contributed by atoms with Crippen molar-refractivity contribution in [1.29, 1.82) is 0 Å². The van der Waals surface area contributed by atoms with Crippen LogP contribution < -0.4 is 10.6 Å². The van der Waals surface area contributed by atoms with Gasteiger partial charge in [-0.05, 0) is 36.2 Å². The topological polar surface area (TPSA) is 24.1 Å². The summed E-state index contributed by atoms with van der Waals surface area (Å²) in [6.07, 6.45) is 1.15. The van der Waals surface area contributed by atoms with Crippen LogP contribution in [0.15, 0.2) is 54.6 Å². The monoisotopic (exact) mass is 446 g/mol. The Kier molecular flexibility index (Phi) is 8.65. The van der Waals surface area contributed by atoms with Gasteiger partial charge >= 0.3 is 0 Å². The molecule has 2 atom stereocenters. The van der Waals surface area contributed by atoms with E-state index >= 15 is 0 Å². The number of rotatable bonds is 4. The zero-order valence-electron chi connectivity index (χ0n) is 12.2. The second kappa shape index (κ2) is 9.68. The van der Waals surface area contributed by atoms with Crippen molar-refractivity contribution in [2.75, 3.05) is 6.54 Å². The van der Waals surface area contributed by atoms with Gasteiger partial charge in [0.25, 0.3) is 0 Å². The van der Waals surface area contributed by atoms with E-state index < -0.39 is 0 Å². The van der Waals surface area contributed by atoms with Gasteiger partial charge in [0, 0.05) is 23.7 Å². The fourth-order valence-corrected chi connectivity index (χ4v) is 3.04. The molecule has 120 valence electrons. The minimum absolute atomic E-state index is 0. The third-order valence-corrected chi connectivity index (χ3v) is 4.07. The summed E-state index contributed by atoms with van der Waals surface area (Å²) in [5.41, 5.74) is 2.59. The molecule has 0 saturated carbocycles. The highest BCUT2D eigenvalue weighted by Gasteiger charge is 2.27. The summed E-state index contributed by atoms with van der Waals surface area (Å²) >= 11 is 6.02. The van der Waals surface area contributed by atoms with Crippen LogP contribution in [0.25, 0.3) is 0 Å². The molecular formula is C17H21Br2ClN2. The lowest BCUT2D eigenvalue weighted by atomic mass is 10.0. The molecule has 0 amide bonds. The Labute approximate surface area is 158 Å². The zero-order chi connectivity index (χ0) is 13.8. The highest BCUT2D eigenvalue weighted by molar-refractivity contribution is 8.93. The van der Waals surface area contributed by atoms with E-state index in [-0.39, 0.29) is 34.0 Å². The maximum Gasteiger partial charge on any atom is 0.0476 e. The molecule has 1 aliphatic heterocycles. The van der Waals surface area contributed by atoms with Gasteiger partial charge in [0.2, 0.25) is 0 Å². The molecule has 2 nitrogen and oxygen atoms in total. The Morgan fingerprint density at radius 2 is 1.82 bits per heavy atom. The lowest BCUT2D eigenvalue weighted by Crippen LogP contribution is -2.33. The predicted molar refractivity (Wildman–Crippen MR) is 105 cm³/mol. The number of benzene rings is 2. The van der Waals surface area contributed by atoms with Crippen molar-refractivity contribution in [1.82, 2.24) is 10.6 Å². The van der Waals surface area contributed by atoms with Crippen molar-refractivity contribution in [3.05, 3.63) is 70.7 Å². The lowest BCUT2D eigenvalue weighted by molar-refractivity contribution is 0.461. The van der Waals surface area contributed by atoms with E-state index in [9.17, 15) is 0 Å². The molecule has 0 radical (unpaired) electrons. The Morgan fingerprint density at radius 3 is 2.55 bits per heavy atom. The standard InChI is InChI=1S/C17H19ClN2.2BrH/c18-15-8-4-5-13(11-15)12-20-16-9-10-19-17(16)14-6-2-1-3-7-14;;/h1-8,11,16-17,19-20H,9-10,12H2;2*1H/t16-,17-;;/m1../s1. The second-order valence-electron chi connectivity index (χ2n) is 5.25. The van der Waals surface area contributed by atoms with Gasteiger partial charge in [-0.25, -0.2) is 0 Å². The molecule has 1 saturated heterocycles. The van der Waals surface area contributed by atoms with Crippen LogP contribution in [0.5, 0.6) is 0 Å². The van der Waals surface area contributed by atoms with Crippen LogP contribution in [0.4, 0.5) is 0 Å². The molecule has 3 rings (SSSR count). The van der Waals surface area contributed by atoms with Gasteiger partial charge in [0.05, 0.1) is 0 Å². The minimum Gasteiger partial charge on any atom is -0.309 e. The van der Waals surface area contributed by atoms with Crippen molar-refractivity contribution >= 4 is 45.6 Å². The van der Waals surface area contributed by atoms with E-state index in [0.29, 0.717) is 12.1 Å². The van der Waals surface area contributed by atoms with Crippen molar-refractivity contribution in [3.8, 4) is 0 Å². The summed E-state index contributed by atoms with van der Waals surface area (Å²) < 4.78 is 0. The number of hydrogen-bond acceptors (Lipinski definition) is 2. The summed E-state index contributed by atoms with van der Waals surface area (Å²) in [6.45, 7) is 1.92. The fraction of sp³-hybridized carbons (Fsp3) is 0.294. The van der Waals surface area contributed by atoms with Crippen molar-refractivity contribution in [2.45, 2.75) is 25.0 Å². The van der Waals surface area contributed by atoms with Crippen LogP contribution in [0.3, 0.4) is 0 Å². The van der Waals surface area contributed by atoms with Crippen LogP contribution in [0.2, 0.25) is 5.02 Å². The maximum absolute atomic E-state index is 6.02. The van der Waals surface area contributed by atoms with E-state index in [2.05, 4.69) is 47.0 Å². The van der Waals surface area contributed by atoms with Gasteiger partial charge in [-0.2, -0.15) is 0 Å². The van der Waals surface area contributed by atoms with E-state index in [1.165, 1.54) is 11.1 Å². The predicted octanol–water partition coefficient (Wildman–Crippen LogP) is 4.69. The molecule has 5 heteroatoms. The van der Waals surface area contributed by atoms with Crippen molar-refractivity contribution in [3.63, 3.8) is 0 Å². The zero-order valence-corrected chi connectivity index (χ0v) is 16.3. The summed E-state index contributed by atoms with van der Waals surface area (Å²) in [7, 11) is 0. The molecule has 0 aliphatic carbocycles. The molecule has 0 spiro atoms. The first-order valence-electron chi connectivity index (χ1n) is 7.09. The molecule has 1 aliphatic rings. The number of nitrogens with one attached hydrogen (secondary N) is 2. The first kappa shape index (κ1) is 19.7. The maximum atomic E-state index is 6.02. The van der Waals surface area contributed by atoms with E-state index in [1.54, 1.807) is 0 Å². The Hall–Kier alpha value is -0.390. The Morgan fingerprint density at radius 1 is 1.05 bits per heavy atom. The average Bonchev–Trinajstić information content (AvgIpc) is 2.95. The number of hydrogen-bond donors (Lipinski definition) is 2. The smallest absolute Gasteiger partial charge is 0.0476 e. The molecule has 1 heterocycles. The van der Waals surface area contributed by atoms with E-state index in [4.69, 9.17) is 11.6 Å². The fourth-order valence-electron chi connectivity index (χ4n) is 2.83. The quantitative estimate of drug-likeness (QED) is 0.709. The largest absolute Gasteiger partial charge is 0.309 e. The van der Waals surface area contributed by atoms with E-state index in [1.807, 2.05) is 18.2 Å². The minimum atomic E-state index is 0. The van der Waals surface area contributed by atoms with Gasteiger partial charge in [-0.15, -0.1) is 34.0 Å². The van der Waals surface area contributed by atoms with Crippen molar-refractivity contribution in [2.24, 2.45) is 0 Å². The third-order valence-electron chi connectivity index (χ3n) is 3.84. The second-order valence-corrected chi connectivity index (χ2v) is 5.68. The molecule has 2 N–H and O–H groups in total. The van der Waals surface area contributed by atoms with Gasteiger partial charge in [0.1, 0.15) is 0 Å². The van der Waals surface area contributed by atoms with Crippen LogP contribution in [0, 0.1) is 0 Å². The molecule has 2 aromatic carbocycles. The summed E-state index contributed by atoms with van der Waals surface area (Å²) in [6, 6.07) is 19.6. The van der Waals surface area contributed by atoms with Crippen LogP contribution in [-0.2, 0) is 6.54 Å². The lowest BCUT2D eigenvalue weighted by Gasteiger charge is -2.21. The average molecular weight is 449 g/mol. The molecule has 0 unspecified atom stereocenters. The molecular weight excluding hydrogens is 427 g/mol. The van der Waals surface area contributed by atoms with Crippen LogP contribution in [-0.4, -0.2) is 12.6 Å². The highest BCUT2D eigenvalue weighted by atomic mass is 79.9. The molecule has 22 heavy (non-hydrogen) atoms. The normalized spacial score (nSPS) is 20.0. The van der Waals surface area contributed by atoms with Gasteiger partial charge in [-0.1, -0.05) is 54.1 Å². The van der Waals surface area contributed by atoms with Gasteiger partial charge in [-0.3, -0.25) is 0 Å². The Balaban J connectivity index is 0.00000121. The molecule has 0 bridgehead atoms. The van der Waals surface area contributed by atoms with Crippen molar-refractivity contribution < 1.29 is 0 Å². The molecule has 0 aromatic heterocycles. The molecule has 1 fully saturated rings. The Bertz CT molecular complexity index is 566. The SMILES string of the molecule is Br.Br.Clc1cccc(CN[C@@H]2CCN[C@@H]2c2ccccc2)c1. The first-order valence-corrected chi connectivity index (χ1v) is 7.47. The third kappa shape index (κ3) is 5.07. The number of halogens is 3. The molecule has 2 aromatic rings. The highest BCUT2D eigenvalue weighted by Crippen LogP contribution is 2.24. The van der Waals surface area contributed by atoms with Gasteiger partial charge in [0.15, 0.2) is 0 Å². The summed E-state index contributed by atoms with van der Waals surface area (Å²) in [5.74, 6) is 0. The van der Waals surface area contributed by atoms with Crippen LogP contribution in [0.1, 0.15) is 23.6 Å². The first-order chi connectivity index (χ1) is 9.83. The van der Waals surface area contributed by atoms with Gasteiger partial charge < -0.3 is 10.6 Å². The summed E-state index contributed by atoms with van der Waals surface area (Å²) in [4.78, 5) is 0. The van der Waals surface area contributed by atoms with Crippen LogP contribution >= 0.6 is 45.6 Å². The summed E-state index contributed by atoms with van der Waals surface area (Å²) in [5, 5.41) is 8.03.